The summed E-state index contributed by atoms with van der Waals surface area (Å²) < 4.78 is 10.2. The van der Waals surface area contributed by atoms with E-state index in [-0.39, 0.29) is 5.69 Å². The summed E-state index contributed by atoms with van der Waals surface area (Å²) >= 11 is 5.78. The minimum Gasteiger partial charge on any atom is -0.495 e. The molecule has 142 valence electrons. The number of amides is 2. The van der Waals surface area contributed by atoms with Gasteiger partial charge in [0.25, 0.3) is 11.8 Å². The number of hydrogen-bond donors (Lipinski definition) is 2. The van der Waals surface area contributed by atoms with Crippen molar-refractivity contribution in [2.24, 2.45) is 0 Å². The molecule has 9 heteroatoms. The second-order valence-electron chi connectivity index (χ2n) is 5.36. The second kappa shape index (κ2) is 9.54. The van der Waals surface area contributed by atoms with E-state index < -0.39 is 30.4 Å². The molecule has 0 aliphatic carbocycles. The molecule has 0 aliphatic rings. The Bertz CT molecular complexity index is 843. The lowest BCUT2D eigenvalue weighted by molar-refractivity contribution is -0.152. The van der Waals surface area contributed by atoms with Crippen LogP contribution in [0.15, 0.2) is 42.6 Å². The zero-order chi connectivity index (χ0) is 19.8. The molecule has 0 unspecified atom stereocenters. The third-order valence-electron chi connectivity index (χ3n) is 3.39. The first kappa shape index (κ1) is 20.2. The number of nitrogens with zero attached hydrogens (tertiary/aromatic N) is 1. The van der Waals surface area contributed by atoms with Crippen molar-refractivity contribution in [1.82, 2.24) is 10.3 Å². The summed E-state index contributed by atoms with van der Waals surface area (Å²) in [7, 11) is 1.48. The Balaban J connectivity index is 1.84. The fourth-order valence-electron chi connectivity index (χ4n) is 2.05. The number of nitrogens with one attached hydrogen (secondary N) is 2. The Morgan fingerprint density at radius 2 is 1.96 bits per heavy atom. The van der Waals surface area contributed by atoms with Gasteiger partial charge in [0.15, 0.2) is 6.10 Å². The number of ether oxygens (including phenoxy) is 2. The summed E-state index contributed by atoms with van der Waals surface area (Å²) in [5.41, 5.74) is 0.519. The zero-order valence-electron chi connectivity index (χ0n) is 14.7. The van der Waals surface area contributed by atoms with E-state index in [1.54, 1.807) is 24.3 Å². The number of methoxy groups -OCH3 is 1. The topological polar surface area (TPSA) is 107 Å². The standard InChI is InChI=1S/C18H18ClN3O5/c1-11(17(24)22-13-5-3-4-6-15(13)26-2)27-16(23)10-21-18(25)14-9-12(19)7-8-20-14/h3-9,11H,10H2,1-2H3,(H,21,25)(H,22,24)/t11-/m1/s1. The number of rotatable bonds is 7. The van der Waals surface area contributed by atoms with E-state index in [1.807, 2.05) is 0 Å². The number of para-hydroxylation sites is 2. The van der Waals surface area contributed by atoms with E-state index in [0.717, 1.165) is 0 Å². The predicted molar refractivity (Wildman–Crippen MR) is 98.8 cm³/mol. The molecule has 0 aliphatic heterocycles. The summed E-state index contributed by atoms with van der Waals surface area (Å²) in [6.45, 7) is 1.00. The molecular weight excluding hydrogens is 374 g/mol. The molecular formula is C18H18ClN3O5. The highest BCUT2D eigenvalue weighted by Crippen LogP contribution is 2.23. The molecule has 2 N–H and O–H groups in total. The molecule has 8 nitrogen and oxygen atoms in total. The average Bonchev–Trinajstić information content (AvgIpc) is 2.66. The van der Waals surface area contributed by atoms with E-state index >= 15 is 0 Å². The van der Waals surface area contributed by atoms with Crippen LogP contribution < -0.4 is 15.4 Å². The first-order chi connectivity index (χ1) is 12.9. The van der Waals surface area contributed by atoms with E-state index in [2.05, 4.69) is 15.6 Å². The van der Waals surface area contributed by atoms with Gasteiger partial charge >= 0.3 is 5.97 Å². The van der Waals surface area contributed by atoms with E-state index in [9.17, 15) is 14.4 Å². The van der Waals surface area contributed by atoms with Crippen LogP contribution in [0.4, 0.5) is 5.69 Å². The van der Waals surface area contributed by atoms with Crippen molar-refractivity contribution in [2.75, 3.05) is 19.0 Å². The SMILES string of the molecule is COc1ccccc1NC(=O)[C@@H](C)OC(=O)CNC(=O)c1cc(Cl)ccn1. The molecule has 0 spiro atoms. The first-order valence-corrected chi connectivity index (χ1v) is 8.31. The minimum absolute atomic E-state index is 0.0669. The lowest BCUT2D eigenvalue weighted by atomic mass is 10.2. The quantitative estimate of drug-likeness (QED) is 0.699. The Morgan fingerprint density at radius 1 is 1.22 bits per heavy atom. The van der Waals surface area contributed by atoms with Gasteiger partial charge in [-0.15, -0.1) is 0 Å². The van der Waals surface area contributed by atoms with Crippen molar-refractivity contribution in [3.8, 4) is 5.75 Å². The van der Waals surface area contributed by atoms with Gasteiger partial charge in [0.05, 0.1) is 12.8 Å². The molecule has 1 aromatic heterocycles. The van der Waals surface area contributed by atoms with Crippen molar-refractivity contribution in [1.29, 1.82) is 0 Å². The summed E-state index contributed by atoms with van der Waals surface area (Å²) in [5, 5.41) is 5.31. The highest BCUT2D eigenvalue weighted by atomic mass is 35.5. The lowest BCUT2D eigenvalue weighted by Crippen LogP contribution is -2.36. The van der Waals surface area contributed by atoms with E-state index in [4.69, 9.17) is 21.1 Å². The molecule has 2 amide bonds. The molecule has 0 radical (unpaired) electrons. The van der Waals surface area contributed by atoms with Gasteiger partial charge in [0.1, 0.15) is 18.0 Å². The van der Waals surface area contributed by atoms with Crippen LogP contribution in [0.5, 0.6) is 5.75 Å². The highest BCUT2D eigenvalue weighted by molar-refractivity contribution is 6.30. The molecule has 2 aromatic rings. The van der Waals surface area contributed by atoms with Crippen LogP contribution in [0.2, 0.25) is 5.02 Å². The summed E-state index contributed by atoms with van der Waals surface area (Å²) in [6.07, 6.45) is 0.309. The zero-order valence-corrected chi connectivity index (χ0v) is 15.4. The van der Waals surface area contributed by atoms with Gasteiger partial charge < -0.3 is 20.1 Å². The largest absolute Gasteiger partial charge is 0.495 e. The van der Waals surface area contributed by atoms with Gasteiger partial charge in [-0.25, -0.2) is 0 Å². The lowest BCUT2D eigenvalue weighted by Gasteiger charge is -2.15. The maximum absolute atomic E-state index is 12.2. The molecule has 0 bridgehead atoms. The number of carbonyl (C=O) groups excluding carboxylic acids is 3. The average molecular weight is 392 g/mol. The van der Waals surface area contributed by atoms with Crippen LogP contribution in [0.25, 0.3) is 0 Å². The van der Waals surface area contributed by atoms with Gasteiger partial charge in [-0.1, -0.05) is 23.7 Å². The number of benzene rings is 1. The van der Waals surface area contributed by atoms with Crippen molar-refractivity contribution < 1.29 is 23.9 Å². The van der Waals surface area contributed by atoms with Gasteiger partial charge in [-0.05, 0) is 31.2 Å². The van der Waals surface area contributed by atoms with E-state index in [1.165, 1.54) is 32.4 Å². The van der Waals surface area contributed by atoms with Crippen molar-refractivity contribution in [3.63, 3.8) is 0 Å². The number of halogens is 1. The second-order valence-corrected chi connectivity index (χ2v) is 5.80. The first-order valence-electron chi connectivity index (χ1n) is 7.94. The van der Waals surface area contributed by atoms with Crippen LogP contribution in [-0.2, 0) is 14.3 Å². The van der Waals surface area contributed by atoms with Gasteiger partial charge in [0.2, 0.25) is 0 Å². The Morgan fingerprint density at radius 3 is 2.67 bits per heavy atom. The molecule has 0 saturated heterocycles. The molecule has 1 atom stereocenters. The van der Waals surface area contributed by atoms with Crippen molar-refractivity contribution in [2.45, 2.75) is 13.0 Å². The molecule has 0 saturated carbocycles. The minimum atomic E-state index is -1.07. The third kappa shape index (κ3) is 5.96. The Hall–Kier alpha value is -3.13. The van der Waals surface area contributed by atoms with Crippen LogP contribution in [-0.4, -0.2) is 42.5 Å². The maximum atomic E-state index is 12.2. The fourth-order valence-corrected chi connectivity index (χ4v) is 2.21. The van der Waals surface area contributed by atoms with Crippen molar-refractivity contribution in [3.05, 3.63) is 53.3 Å². The third-order valence-corrected chi connectivity index (χ3v) is 3.63. The normalized spacial score (nSPS) is 11.2. The number of aromatic nitrogens is 1. The van der Waals surface area contributed by atoms with Gasteiger partial charge in [0, 0.05) is 11.2 Å². The number of esters is 1. The summed E-state index contributed by atoms with van der Waals surface area (Å²) in [5.74, 6) is -1.41. The highest BCUT2D eigenvalue weighted by Gasteiger charge is 2.20. The van der Waals surface area contributed by atoms with Crippen LogP contribution in [0.3, 0.4) is 0 Å². The number of carbonyl (C=O) groups is 3. The number of anilines is 1. The Kier molecular flexibility index (Phi) is 7.13. The smallest absolute Gasteiger partial charge is 0.326 e. The summed E-state index contributed by atoms with van der Waals surface area (Å²) in [4.78, 5) is 39.8. The van der Waals surface area contributed by atoms with Crippen LogP contribution in [0, 0.1) is 0 Å². The Labute approximate surface area is 160 Å². The van der Waals surface area contributed by atoms with Crippen LogP contribution in [0.1, 0.15) is 17.4 Å². The molecule has 2 rings (SSSR count). The molecule has 1 aromatic carbocycles. The number of hydrogen-bond acceptors (Lipinski definition) is 6. The van der Waals surface area contributed by atoms with Crippen molar-refractivity contribution >= 4 is 35.1 Å². The van der Waals surface area contributed by atoms with Gasteiger partial charge in [-0.3, -0.25) is 19.4 Å². The molecule has 0 fully saturated rings. The van der Waals surface area contributed by atoms with Crippen LogP contribution >= 0.6 is 11.6 Å². The molecule has 27 heavy (non-hydrogen) atoms. The van der Waals surface area contributed by atoms with E-state index in [0.29, 0.717) is 16.5 Å². The number of pyridine rings is 1. The maximum Gasteiger partial charge on any atom is 0.326 e. The fraction of sp³-hybridized carbons (Fsp3) is 0.222. The van der Waals surface area contributed by atoms with Gasteiger partial charge in [-0.2, -0.15) is 0 Å². The summed E-state index contributed by atoms with van der Waals surface area (Å²) in [6, 6.07) is 9.72. The monoisotopic (exact) mass is 391 g/mol. The molecule has 1 heterocycles. The predicted octanol–water partition coefficient (Wildman–Crippen LogP) is 2.04.